The fourth-order valence-corrected chi connectivity index (χ4v) is 3.94. The molecule has 0 unspecified atom stereocenters. The first-order chi connectivity index (χ1) is 19.9. The second kappa shape index (κ2) is 16.3. The van der Waals surface area contributed by atoms with Crippen molar-refractivity contribution in [2.45, 2.75) is 32.0 Å². The fraction of sp³-hybridized carbons (Fsp3) is 0.258. The number of nitriles is 1. The Bertz CT molecular complexity index is 1340. The molecule has 0 aliphatic rings. The first-order valence-corrected chi connectivity index (χ1v) is 13.2. The predicted octanol–water partition coefficient (Wildman–Crippen LogP) is 5.18. The van der Waals surface area contributed by atoms with E-state index in [9.17, 15) is 9.59 Å². The first-order valence-electron chi connectivity index (χ1n) is 13.2. The molecule has 0 saturated carbocycles. The maximum Gasteiger partial charge on any atom is 0.412 e. The lowest BCUT2D eigenvalue weighted by molar-refractivity contribution is -0.111. The highest BCUT2D eigenvalue weighted by atomic mass is 16.6. The van der Waals surface area contributed by atoms with E-state index in [1.54, 1.807) is 78.9 Å². The summed E-state index contributed by atoms with van der Waals surface area (Å²) in [6.07, 6.45) is 2.05. The van der Waals surface area contributed by atoms with Crippen LogP contribution in [0.3, 0.4) is 0 Å². The van der Waals surface area contributed by atoms with Crippen LogP contribution in [0.25, 0.3) is 0 Å². The van der Waals surface area contributed by atoms with Crippen LogP contribution in [0, 0.1) is 11.3 Å². The van der Waals surface area contributed by atoms with Crippen LogP contribution in [-0.4, -0.2) is 43.0 Å². The number of nitrogens with two attached hydrogens (primary N) is 1. The highest BCUT2D eigenvalue weighted by Crippen LogP contribution is 2.29. The summed E-state index contributed by atoms with van der Waals surface area (Å²) in [6.45, 7) is 2.27. The van der Waals surface area contributed by atoms with Gasteiger partial charge in [-0.2, -0.15) is 5.26 Å². The number of amides is 2. The van der Waals surface area contributed by atoms with Crippen LogP contribution >= 0.6 is 0 Å². The first kappa shape index (κ1) is 30.7. The minimum atomic E-state index is -0.786. The highest BCUT2D eigenvalue weighted by molar-refractivity contribution is 6.01. The molecule has 0 fully saturated rings. The van der Waals surface area contributed by atoms with Crippen molar-refractivity contribution in [1.82, 2.24) is 0 Å². The molecule has 10 nitrogen and oxygen atoms in total. The van der Waals surface area contributed by atoms with Crippen molar-refractivity contribution in [1.29, 1.82) is 5.26 Å². The van der Waals surface area contributed by atoms with Crippen LogP contribution in [0.4, 0.5) is 21.9 Å². The molecule has 0 aliphatic carbocycles. The molecule has 41 heavy (non-hydrogen) atoms. The maximum atomic E-state index is 12.9. The van der Waals surface area contributed by atoms with E-state index in [4.69, 9.17) is 30.3 Å². The van der Waals surface area contributed by atoms with Crippen LogP contribution in [0.15, 0.2) is 84.9 Å². The zero-order chi connectivity index (χ0) is 29.5. The summed E-state index contributed by atoms with van der Waals surface area (Å²) in [5.41, 5.74) is 8.51. The summed E-state index contributed by atoms with van der Waals surface area (Å²) < 4.78 is 17.3. The summed E-state index contributed by atoms with van der Waals surface area (Å²) in [5, 5.41) is 23.4. The number of benzene rings is 3. The van der Waals surface area contributed by atoms with Gasteiger partial charge in [0.25, 0.3) is 0 Å². The number of nitrogens with zero attached hydrogens (tertiary/aromatic N) is 1. The van der Waals surface area contributed by atoms with E-state index in [-0.39, 0.29) is 19.1 Å². The Morgan fingerprint density at radius 1 is 1.05 bits per heavy atom. The second-order valence-electron chi connectivity index (χ2n) is 8.83. The van der Waals surface area contributed by atoms with Gasteiger partial charge in [0.05, 0.1) is 35.7 Å². The molecule has 0 radical (unpaired) electrons. The molecule has 0 aromatic heterocycles. The van der Waals surface area contributed by atoms with Gasteiger partial charge in [-0.05, 0) is 79.9 Å². The molecule has 5 N–H and O–H groups in total. The minimum absolute atomic E-state index is 0.111. The van der Waals surface area contributed by atoms with Crippen LogP contribution in [0.1, 0.15) is 37.0 Å². The zero-order valence-corrected chi connectivity index (χ0v) is 22.8. The summed E-state index contributed by atoms with van der Waals surface area (Å²) in [6, 6.07) is 22.4. The number of aliphatic hydroxyl groups is 1. The predicted molar refractivity (Wildman–Crippen MR) is 156 cm³/mol. The second-order valence-corrected chi connectivity index (χ2v) is 8.83. The number of nitrogens with one attached hydrogen (secondary N) is 2. The van der Waals surface area contributed by atoms with Gasteiger partial charge >= 0.3 is 6.09 Å². The van der Waals surface area contributed by atoms with Crippen molar-refractivity contribution < 1.29 is 28.9 Å². The van der Waals surface area contributed by atoms with Crippen molar-refractivity contribution in [3.05, 3.63) is 96.1 Å². The molecule has 3 aromatic carbocycles. The third-order valence-electron chi connectivity index (χ3n) is 5.89. The lowest BCUT2D eigenvalue weighted by Gasteiger charge is -2.27. The number of allylic oxidation sites excluding steroid dienone is 1. The SMILES string of the molecule is CCO[C@H](CC/C=C/C(=O)Nc1ccccc1N)[C@H](OC(=O)Nc1ccc(C#N)cc1)c1ccc(OCCO)cc1. The molecule has 2 atom stereocenters. The van der Waals surface area contributed by atoms with Gasteiger partial charge in [0, 0.05) is 12.3 Å². The van der Waals surface area contributed by atoms with Gasteiger partial charge in [0.15, 0.2) is 6.10 Å². The lowest BCUT2D eigenvalue weighted by atomic mass is 10.00. The van der Waals surface area contributed by atoms with Crippen molar-refractivity contribution in [2.24, 2.45) is 0 Å². The largest absolute Gasteiger partial charge is 0.491 e. The molecule has 0 aliphatic heterocycles. The molecule has 0 bridgehead atoms. The number of hydrogen-bond donors (Lipinski definition) is 4. The number of para-hydroxylation sites is 2. The molecule has 10 heteroatoms. The normalized spacial score (nSPS) is 12.2. The number of nitrogen functional groups attached to an aromatic ring is 1. The Labute approximate surface area is 239 Å². The Hall–Kier alpha value is -4.85. The average molecular weight is 559 g/mol. The summed E-state index contributed by atoms with van der Waals surface area (Å²) in [7, 11) is 0. The smallest absolute Gasteiger partial charge is 0.412 e. The van der Waals surface area contributed by atoms with Crippen molar-refractivity contribution in [3.63, 3.8) is 0 Å². The van der Waals surface area contributed by atoms with Crippen molar-refractivity contribution in [2.75, 3.05) is 36.2 Å². The lowest BCUT2D eigenvalue weighted by Crippen LogP contribution is -2.29. The van der Waals surface area contributed by atoms with Gasteiger partial charge in [-0.25, -0.2) is 4.79 Å². The van der Waals surface area contributed by atoms with E-state index in [0.717, 1.165) is 0 Å². The molecule has 3 rings (SSSR count). The standard InChI is InChI=1S/C31H34N4O6/c1-2-39-28(9-5-6-10-29(37)35-27-8-4-3-7-26(27)33)30(23-13-17-25(18-14-23)40-20-19-36)41-31(38)34-24-15-11-22(21-32)12-16-24/h3-4,6-8,10-18,28,30,36H,2,5,9,19-20,33H2,1H3,(H,34,38)(H,35,37)/b10-6+/t28-,30-/m1/s1. The van der Waals surface area contributed by atoms with Crippen LogP contribution in [0.5, 0.6) is 5.75 Å². The topological polar surface area (TPSA) is 156 Å². The number of hydrogen-bond acceptors (Lipinski definition) is 8. The summed E-state index contributed by atoms with van der Waals surface area (Å²) in [5.74, 6) is 0.244. The van der Waals surface area contributed by atoms with E-state index in [1.807, 2.05) is 13.0 Å². The molecule has 0 saturated heterocycles. The van der Waals surface area contributed by atoms with Crippen molar-refractivity contribution in [3.8, 4) is 11.8 Å². The van der Waals surface area contributed by atoms with Crippen LogP contribution in [0.2, 0.25) is 0 Å². The third-order valence-corrected chi connectivity index (χ3v) is 5.89. The third kappa shape index (κ3) is 10.0. The Kier molecular flexibility index (Phi) is 12.2. The average Bonchev–Trinajstić information content (AvgIpc) is 2.98. The number of rotatable bonds is 14. The number of anilines is 3. The van der Waals surface area contributed by atoms with Crippen molar-refractivity contribution >= 4 is 29.1 Å². The Balaban J connectivity index is 1.72. The molecule has 2 amide bonds. The van der Waals surface area contributed by atoms with Gasteiger partial charge in [-0.3, -0.25) is 10.1 Å². The van der Waals surface area contributed by atoms with Gasteiger partial charge < -0.3 is 30.4 Å². The highest BCUT2D eigenvalue weighted by Gasteiger charge is 2.27. The molecular weight excluding hydrogens is 524 g/mol. The molecule has 0 heterocycles. The van der Waals surface area contributed by atoms with E-state index < -0.39 is 18.3 Å². The maximum absolute atomic E-state index is 12.9. The quantitative estimate of drug-likeness (QED) is 0.156. The Morgan fingerprint density at radius 3 is 2.44 bits per heavy atom. The van der Waals surface area contributed by atoms with E-state index >= 15 is 0 Å². The van der Waals surface area contributed by atoms with Gasteiger partial charge in [-0.15, -0.1) is 0 Å². The van der Waals surface area contributed by atoms with Crippen LogP contribution < -0.4 is 21.1 Å². The number of carbonyl (C=O) groups is 2. The molecule has 214 valence electrons. The van der Waals surface area contributed by atoms with Crippen LogP contribution in [-0.2, 0) is 14.3 Å². The molecule has 0 spiro atoms. The molecular formula is C31H34N4O6. The van der Waals surface area contributed by atoms with E-state index in [2.05, 4.69) is 10.6 Å². The van der Waals surface area contributed by atoms with Gasteiger partial charge in [0.2, 0.25) is 5.91 Å². The van der Waals surface area contributed by atoms with Gasteiger partial charge in [-0.1, -0.05) is 30.3 Å². The zero-order valence-electron chi connectivity index (χ0n) is 22.8. The number of aliphatic hydroxyl groups excluding tert-OH is 1. The fourth-order valence-electron chi connectivity index (χ4n) is 3.94. The van der Waals surface area contributed by atoms with E-state index in [1.165, 1.54) is 6.08 Å². The number of carbonyl (C=O) groups excluding carboxylic acids is 2. The summed E-state index contributed by atoms with van der Waals surface area (Å²) in [4.78, 5) is 25.3. The monoisotopic (exact) mass is 558 g/mol. The van der Waals surface area contributed by atoms with Gasteiger partial charge in [0.1, 0.15) is 12.4 Å². The van der Waals surface area contributed by atoms with E-state index in [0.29, 0.717) is 53.4 Å². The number of ether oxygens (including phenoxy) is 3. The summed E-state index contributed by atoms with van der Waals surface area (Å²) >= 11 is 0. The molecule has 3 aromatic rings. The minimum Gasteiger partial charge on any atom is -0.491 e. The Morgan fingerprint density at radius 2 is 1.78 bits per heavy atom.